The molecule has 0 fully saturated rings. The molecule has 2 aromatic heterocycles. The highest BCUT2D eigenvalue weighted by molar-refractivity contribution is 8.00. The SMILES string of the molecule is CCn1c(CSc2nc3ccccc3s2)nnc1SCC(=O)NNC(=O)c1ccc(C)cc1. The molecule has 0 radical (unpaired) electrons. The second-order valence-corrected chi connectivity index (χ2v) is 10.2. The van der Waals surface area contributed by atoms with Gasteiger partial charge in [-0.15, -0.1) is 21.5 Å². The molecule has 2 amide bonds. The van der Waals surface area contributed by atoms with Crippen molar-refractivity contribution < 1.29 is 9.59 Å². The molecule has 0 saturated carbocycles. The predicted octanol–water partition coefficient (Wildman–Crippen LogP) is 4.06. The van der Waals surface area contributed by atoms with Crippen molar-refractivity contribution in [2.24, 2.45) is 0 Å². The van der Waals surface area contributed by atoms with E-state index < -0.39 is 0 Å². The molecule has 170 valence electrons. The topological polar surface area (TPSA) is 102 Å². The highest BCUT2D eigenvalue weighted by Crippen LogP contribution is 2.31. The van der Waals surface area contributed by atoms with E-state index in [0.717, 1.165) is 25.9 Å². The minimum atomic E-state index is -0.362. The molecule has 2 N–H and O–H groups in total. The first kappa shape index (κ1) is 23.3. The van der Waals surface area contributed by atoms with Crippen molar-refractivity contribution in [1.82, 2.24) is 30.6 Å². The summed E-state index contributed by atoms with van der Waals surface area (Å²) in [4.78, 5) is 29.0. The molecule has 0 spiro atoms. The average molecular weight is 499 g/mol. The van der Waals surface area contributed by atoms with Crippen molar-refractivity contribution in [3.63, 3.8) is 0 Å². The van der Waals surface area contributed by atoms with Gasteiger partial charge in [-0.25, -0.2) is 4.98 Å². The van der Waals surface area contributed by atoms with E-state index in [0.29, 0.717) is 23.0 Å². The van der Waals surface area contributed by atoms with Crippen LogP contribution in [-0.2, 0) is 17.1 Å². The number of rotatable bonds is 8. The Balaban J connectivity index is 1.28. The smallest absolute Gasteiger partial charge is 0.269 e. The summed E-state index contributed by atoms with van der Waals surface area (Å²) in [7, 11) is 0. The molecule has 11 heteroatoms. The van der Waals surface area contributed by atoms with E-state index >= 15 is 0 Å². The molecule has 0 unspecified atom stereocenters. The van der Waals surface area contributed by atoms with Crippen LogP contribution in [0.3, 0.4) is 0 Å². The molecular weight excluding hydrogens is 476 g/mol. The molecule has 0 aliphatic heterocycles. The van der Waals surface area contributed by atoms with Crippen LogP contribution in [0.1, 0.15) is 28.7 Å². The zero-order valence-corrected chi connectivity index (χ0v) is 20.5. The number of hydrazine groups is 1. The average Bonchev–Trinajstić information content (AvgIpc) is 3.43. The summed E-state index contributed by atoms with van der Waals surface area (Å²) in [6.07, 6.45) is 0. The van der Waals surface area contributed by atoms with Gasteiger partial charge in [0.1, 0.15) is 5.82 Å². The number of amides is 2. The maximum Gasteiger partial charge on any atom is 0.269 e. The fourth-order valence-corrected chi connectivity index (χ4v) is 5.79. The van der Waals surface area contributed by atoms with E-state index in [4.69, 9.17) is 0 Å². The van der Waals surface area contributed by atoms with Crippen molar-refractivity contribution in [3.05, 3.63) is 65.5 Å². The predicted molar refractivity (Wildman–Crippen MR) is 132 cm³/mol. The number of hydrogen-bond acceptors (Lipinski definition) is 8. The van der Waals surface area contributed by atoms with Gasteiger partial charge >= 0.3 is 0 Å². The Labute approximate surface area is 203 Å². The second kappa shape index (κ2) is 10.8. The lowest BCUT2D eigenvalue weighted by molar-refractivity contribution is -0.119. The minimum Gasteiger partial charge on any atom is -0.306 e. The summed E-state index contributed by atoms with van der Waals surface area (Å²) in [6, 6.07) is 15.2. The van der Waals surface area contributed by atoms with Gasteiger partial charge in [0.05, 0.1) is 21.7 Å². The lowest BCUT2D eigenvalue weighted by Gasteiger charge is -2.08. The molecular formula is C22H22N6O2S3. The van der Waals surface area contributed by atoms with Crippen LogP contribution >= 0.6 is 34.9 Å². The van der Waals surface area contributed by atoms with Crippen molar-refractivity contribution >= 4 is 56.9 Å². The summed E-state index contributed by atoms with van der Waals surface area (Å²) < 4.78 is 4.14. The van der Waals surface area contributed by atoms with Gasteiger partial charge < -0.3 is 4.57 Å². The van der Waals surface area contributed by atoms with Gasteiger partial charge in [-0.3, -0.25) is 20.4 Å². The molecule has 0 atom stereocenters. The molecule has 4 aromatic rings. The van der Waals surface area contributed by atoms with E-state index in [1.54, 1.807) is 35.2 Å². The Kier molecular flexibility index (Phi) is 7.63. The van der Waals surface area contributed by atoms with Gasteiger partial charge in [0.15, 0.2) is 9.50 Å². The number of aryl methyl sites for hydroxylation is 1. The molecule has 0 bridgehead atoms. The number of para-hydroxylation sites is 1. The molecule has 0 aliphatic carbocycles. The summed E-state index contributed by atoms with van der Waals surface area (Å²) in [5, 5.41) is 9.21. The quantitative estimate of drug-likeness (QED) is 0.279. The van der Waals surface area contributed by atoms with E-state index in [-0.39, 0.29) is 17.6 Å². The van der Waals surface area contributed by atoms with Gasteiger partial charge in [0.25, 0.3) is 5.91 Å². The van der Waals surface area contributed by atoms with Crippen LogP contribution < -0.4 is 10.9 Å². The van der Waals surface area contributed by atoms with Gasteiger partial charge in [-0.05, 0) is 38.1 Å². The maximum atomic E-state index is 12.2. The minimum absolute atomic E-state index is 0.108. The highest BCUT2D eigenvalue weighted by atomic mass is 32.2. The summed E-state index contributed by atoms with van der Waals surface area (Å²) in [6.45, 7) is 4.65. The van der Waals surface area contributed by atoms with E-state index in [1.807, 2.05) is 48.7 Å². The standard InChI is InChI=1S/C22H22N6O2S3/c1-3-28-18(12-32-22-23-16-6-4-5-7-17(16)33-22)24-27-21(28)31-13-19(29)25-26-20(30)15-10-8-14(2)9-11-15/h4-11H,3,12-13H2,1-2H3,(H,25,29)(H,26,30). The van der Waals surface area contributed by atoms with Crippen LogP contribution in [0.25, 0.3) is 10.2 Å². The molecule has 4 rings (SSSR count). The third-order valence-corrected chi connectivity index (χ3v) is 7.81. The van der Waals surface area contributed by atoms with Gasteiger partial charge in [-0.2, -0.15) is 0 Å². The number of carbonyl (C=O) groups is 2. The summed E-state index contributed by atoms with van der Waals surface area (Å²) in [5.41, 5.74) is 7.42. The van der Waals surface area contributed by atoms with E-state index in [2.05, 4.69) is 32.1 Å². The van der Waals surface area contributed by atoms with E-state index in [9.17, 15) is 9.59 Å². The first-order chi connectivity index (χ1) is 16.0. The Bertz CT molecular complexity index is 1240. The number of hydrogen-bond donors (Lipinski definition) is 2. The summed E-state index contributed by atoms with van der Waals surface area (Å²) >= 11 is 4.56. The normalized spacial score (nSPS) is 11.0. The Morgan fingerprint density at radius 3 is 2.58 bits per heavy atom. The molecule has 33 heavy (non-hydrogen) atoms. The number of nitrogens with zero attached hydrogens (tertiary/aromatic N) is 4. The zero-order chi connectivity index (χ0) is 23.2. The van der Waals surface area contributed by atoms with Crippen molar-refractivity contribution in [3.8, 4) is 0 Å². The van der Waals surface area contributed by atoms with Crippen LogP contribution in [-0.4, -0.2) is 37.3 Å². The van der Waals surface area contributed by atoms with Crippen LogP contribution in [0.15, 0.2) is 58.0 Å². The van der Waals surface area contributed by atoms with Crippen LogP contribution in [0.2, 0.25) is 0 Å². The summed E-state index contributed by atoms with van der Waals surface area (Å²) in [5.74, 6) is 0.894. The monoisotopic (exact) mass is 498 g/mol. The number of nitrogens with one attached hydrogen (secondary N) is 2. The molecule has 8 nitrogen and oxygen atoms in total. The number of thioether (sulfide) groups is 2. The molecule has 0 aliphatic rings. The Hall–Kier alpha value is -2.89. The van der Waals surface area contributed by atoms with Gasteiger partial charge in [0.2, 0.25) is 5.91 Å². The Morgan fingerprint density at radius 1 is 1.03 bits per heavy atom. The van der Waals surface area contributed by atoms with Gasteiger partial charge in [0, 0.05) is 12.1 Å². The van der Waals surface area contributed by atoms with E-state index in [1.165, 1.54) is 11.8 Å². The lowest BCUT2D eigenvalue weighted by Crippen LogP contribution is -2.42. The number of thiazole rings is 1. The fourth-order valence-electron chi connectivity index (χ4n) is 2.96. The number of benzene rings is 2. The third kappa shape index (κ3) is 5.92. The van der Waals surface area contributed by atoms with Crippen molar-refractivity contribution in [1.29, 1.82) is 0 Å². The number of aromatic nitrogens is 4. The molecule has 2 aromatic carbocycles. The molecule has 0 saturated heterocycles. The largest absolute Gasteiger partial charge is 0.306 e. The molecule has 2 heterocycles. The van der Waals surface area contributed by atoms with Crippen LogP contribution in [0, 0.1) is 6.92 Å². The number of fused-ring (bicyclic) bond motifs is 1. The fraction of sp³-hybridized carbons (Fsp3) is 0.227. The van der Waals surface area contributed by atoms with Crippen LogP contribution in [0.5, 0.6) is 0 Å². The first-order valence-electron chi connectivity index (χ1n) is 10.2. The van der Waals surface area contributed by atoms with Crippen molar-refractivity contribution in [2.75, 3.05) is 5.75 Å². The first-order valence-corrected chi connectivity index (χ1v) is 13.0. The number of carbonyl (C=O) groups excluding carboxylic acids is 2. The van der Waals surface area contributed by atoms with Gasteiger partial charge in [-0.1, -0.05) is 53.4 Å². The second-order valence-electron chi connectivity index (χ2n) is 7.04. The zero-order valence-electron chi connectivity index (χ0n) is 18.1. The van der Waals surface area contributed by atoms with Crippen molar-refractivity contribution in [2.45, 2.75) is 35.6 Å². The van der Waals surface area contributed by atoms with Crippen LogP contribution in [0.4, 0.5) is 0 Å². The lowest BCUT2D eigenvalue weighted by atomic mass is 10.1. The Morgan fingerprint density at radius 2 is 1.82 bits per heavy atom. The highest BCUT2D eigenvalue weighted by Gasteiger charge is 2.15. The third-order valence-electron chi connectivity index (χ3n) is 4.67. The maximum absolute atomic E-state index is 12.2.